The fraction of sp³-hybridized carbons (Fsp3) is 0.562. The van der Waals surface area contributed by atoms with Gasteiger partial charge in [0.1, 0.15) is 5.75 Å². The number of nitrogens with two attached hydrogens (primary N) is 1. The van der Waals surface area contributed by atoms with Crippen molar-refractivity contribution in [2.75, 3.05) is 31.4 Å². The maximum absolute atomic E-state index is 11.9. The first kappa shape index (κ1) is 22.4. The Hall–Kier alpha value is -0.560. The van der Waals surface area contributed by atoms with Gasteiger partial charge in [0.2, 0.25) is 5.91 Å². The van der Waals surface area contributed by atoms with Crippen LogP contribution >= 0.6 is 35.9 Å². The summed E-state index contributed by atoms with van der Waals surface area (Å²) < 4.78 is 5.34. The first-order valence-corrected chi connectivity index (χ1v) is 9.74. The van der Waals surface area contributed by atoms with E-state index in [1.54, 1.807) is 30.6 Å². The zero-order chi connectivity index (χ0) is 16.4. The summed E-state index contributed by atoms with van der Waals surface area (Å²) in [5.74, 6) is 3.03. The number of hydrogen-bond acceptors (Lipinski definition) is 5. The molecule has 0 fully saturated rings. The number of amides is 1. The van der Waals surface area contributed by atoms with E-state index in [0.29, 0.717) is 12.5 Å². The van der Waals surface area contributed by atoms with Crippen LogP contribution in [-0.2, 0) is 4.79 Å². The van der Waals surface area contributed by atoms with Gasteiger partial charge in [0.25, 0.3) is 0 Å². The van der Waals surface area contributed by atoms with Crippen LogP contribution in [0.25, 0.3) is 0 Å². The molecule has 0 aliphatic carbocycles. The minimum atomic E-state index is -0.401. The maximum Gasteiger partial charge on any atom is 0.236 e. The van der Waals surface area contributed by atoms with Gasteiger partial charge in [0, 0.05) is 17.2 Å². The standard InChI is InChI=1S/C16H26N2O2S2.ClH/c1-12(10-18-16(19)13(17)8-9-21-3)11-22-15-7-5-4-6-14(15)20-2;/h4-7,12-13H,8-11,17H2,1-3H3,(H,18,19);1H/t12?,13-;/m0./s1. The number of benzene rings is 1. The van der Waals surface area contributed by atoms with Crippen LogP contribution in [0.15, 0.2) is 29.2 Å². The number of ether oxygens (including phenoxy) is 1. The topological polar surface area (TPSA) is 64.3 Å². The molecule has 0 spiro atoms. The molecular weight excluding hydrogens is 352 g/mol. The Balaban J connectivity index is 0.00000484. The van der Waals surface area contributed by atoms with E-state index in [9.17, 15) is 4.79 Å². The van der Waals surface area contributed by atoms with E-state index in [0.717, 1.165) is 28.6 Å². The largest absolute Gasteiger partial charge is 0.496 e. The zero-order valence-corrected chi connectivity index (χ0v) is 16.4. The first-order valence-electron chi connectivity index (χ1n) is 7.36. The van der Waals surface area contributed by atoms with Crippen molar-refractivity contribution in [3.63, 3.8) is 0 Å². The molecule has 0 bridgehead atoms. The highest BCUT2D eigenvalue weighted by Crippen LogP contribution is 2.29. The van der Waals surface area contributed by atoms with Crippen LogP contribution in [0.3, 0.4) is 0 Å². The third-order valence-electron chi connectivity index (χ3n) is 3.19. The van der Waals surface area contributed by atoms with Crippen molar-refractivity contribution in [1.29, 1.82) is 0 Å². The van der Waals surface area contributed by atoms with E-state index in [4.69, 9.17) is 10.5 Å². The molecule has 1 aromatic rings. The monoisotopic (exact) mass is 378 g/mol. The number of carbonyl (C=O) groups excluding carboxylic acids is 1. The van der Waals surface area contributed by atoms with Crippen LogP contribution in [-0.4, -0.2) is 43.4 Å². The molecule has 132 valence electrons. The number of halogens is 1. The van der Waals surface area contributed by atoms with Crippen molar-refractivity contribution in [1.82, 2.24) is 5.32 Å². The zero-order valence-electron chi connectivity index (χ0n) is 13.9. The van der Waals surface area contributed by atoms with Crippen molar-refractivity contribution in [3.8, 4) is 5.75 Å². The number of hydrogen-bond donors (Lipinski definition) is 2. The molecule has 0 heterocycles. The molecule has 4 nitrogen and oxygen atoms in total. The molecule has 2 atom stereocenters. The van der Waals surface area contributed by atoms with Gasteiger partial charge in [-0.3, -0.25) is 4.79 Å². The third kappa shape index (κ3) is 8.74. The number of carbonyl (C=O) groups is 1. The molecule has 3 N–H and O–H groups in total. The number of methoxy groups -OCH3 is 1. The van der Waals surface area contributed by atoms with Gasteiger partial charge in [-0.25, -0.2) is 0 Å². The molecule has 1 amide bonds. The van der Waals surface area contributed by atoms with E-state index in [1.165, 1.54) is 0 Å². The van der Waals surface area contributed by atoms with E-state index in [1.807, 2.05) is 30.5 Å². The second kappa shape index (κ2) is 12.8. The summed E-state index contributed by atoms with van der Waals surface area (Å²) in [5.41, 5.74) is 5.85. The molecular formula is C16H27ClN2O2S2. The van der Waals surface area contributed by atoms with Crippen molar-refractivity contribution in [2.45, 2.75) is 24.3 Å². The summed E-state index contributed by atoms with van der Waals surface area (Å²) in [6, 6.07) is 7.57. The smallest absolute Gasteiger partial charge is 0.236 e. The number of rotatable bonds is 10. The Bertz CT molecular complexity index is 463. The summed E-state index contributed by atoms with van der Waals surface area (Å²) in [6.07, 6.45) is 2.74. The quantitative estimate of drug-likeness (QED) is 0.612. The SMILES string of the molecule is COc1ccccc1SCC(C)CNC(=O)[C@@H](N)CCSC.Cl. The molecule has 0 aliphatic rings. The summed E-state index contributed by atoms with van der Waals surface area (Å²) in [4.78, 5) is 13.0. The third-order valence-corrected chi connectivity index (χ3v) is 5.21. The number of thioether (sulfide) groups is 2. The van der Waals surface area contributed by atoms with Crippen LogP contribution < -0.4 is 15.8 Å². The Labute approximate surface area is 154 Å². The minimum Gasteiger partial charge on any atom is -0.496 e. The molecule has 0 aliphatic heterocycles. The summed E-state index contributed by atoms with van der Waals surface area (Å²) in [7, 11) is 1.68. The average Bonchev–Trinajstić information content (AvgIpc) is 2.55. The second-order valence-corrected chi connectivity index (χ2v) is 7.25. The fourth-order valence-corrected chi connectivity index (χ4v) is 3.35. The number of nitrogens with one attached hydrogen (secondary N) is 1. The molecule has 0 saturated heterocycles. The number of para-hydroxylation sites is 1. The van der Waals surface area contributed by atoms with Gasteiger partial charge in [-0.2, -0.15) is 11.8 Å². The van der Waals surface area contributed by atoms with Gasteiger partial charge in [-0.15, -0.1) is 24.2 Å². The van der Waals surface area contributed by atoms with E-state index >= 15 is 0 Å². The van der Waals surface area contributed by atoms with Crippen LogP contribution in [0.4, 0.5) is 0 Å². The maximum atomic E-state index is 11.9. The van der Waals surface area contributed by atoms with Gasteiger partial charge in [-0.05, 0) is 36.5 Å². The molecule has 1 rings (SSSR count). The van der Waals surface area contributed by atoms with E-state index in [-0.39, 0.29) is 18.3 Å². The normalized spacial score (nSPS) is 12.9. The predicted octanol–water partition coefficient (Wildman–Crippen LogP) is 3.04. The average molecular weight is 379 g/mol. The molecule has 23 heavy (non-hydrogen) atoms. The lowest BCUT2D eigenvalue weighted by Crippen LogP contribution is -2.42. The van der Waals surface area contributed by atoms with Crippen molar-refractivity contribution in [3.05, 3.63) is 24.3 Å². The molecule has 0 saturated carbocycles. The minimum absolute atomic E-state index is 0. The lowest BCUT2D eigenvalue weighted by atomic mass is 10.2. The fourth-order valence-electron chi connectivity index (χ4n) is 1.81. The van der Waals surface area contributed by atoms with Gasteiger partial charge >= 0.3 is 0 Å². The summed E-state index contributed by atoms with van der Waals surface area (Å²) in [5, 5.41) is 2.94. The van der Waals surface area contributed by atoms with Crippen LogP contribution in [0, 0.1) is 5.92 Å². The van der Waals surface area contributed by atoms with Gasteiger partial charge in [-0.1, -0.05) is 19.1 Å². The van der Waals surface area contributed by atoms with Gasteiger partial charge in [0.15, 0.2) is 0 Å². The van der Waals surface area contributed by atoms with E-state index in [2.05, 4.69) is 12.2 Å². The van der Waals surface area contributed by atoms with Crippen molar-refractivity contribution < 1.29 is 9.53 Å². The molecule has 1 unspecified atom stereocenters. The summed E-state index contributed by atoms with van der Waals surface area (Å²) >= 11 is 3.45. The highest BCUT2D eigenvalue weighted by molar-refractivity contribution is 7.99. The van der Waals surface area contributed by atoms with E-state index < -0.39 is 6.04 Å². The van der Waals surface area contributed by atoms with Gasteiger partial charge < -0.3 is 15.8 Å². The Kier molecular flexibility index (Phi) is 12.5. The van der Waals surface area contributed by atoms with Crippen molar-refractivity contribution >= 4 is 41.8 Å². The highest BCUT2D eigenvalue weighted by atomic mass is 35.5. The molecule has 7 heteroatoms. The lowest BCUT2D eigenvalue weighted by Gasteiger charge is -2.16. The summed E-state index contributed by atoms with van der Waals surface area (Å²) in [6.45, 7) is 2.77. The van der Waals surface area contributed by atoms with Crippen LogP contribution in [0.1, 0.15) is 13.3 Å². The van der Waals surface area contributed by atoms with Crippen molar-refractivity contribution in [2.24, 2.45) is 11.7 Å². The Morgan fingerprint density at radius 3 is 2.74 bits per heavy atom. The Morgan fingerprint density at radius 1 is 1.39 bits per heavy atom. The molecule has 1 aromatic carbocycles. The van der Waals surface area contributed by atoms with Crippen LogP contribution in [0.2, 0.25) is 0 Å². The molecule has 0 aromatic heterocycles. The lowest BCUT2D eigenvalue weighted by molar-refractivity contribution is -0.122. The highest BCUT2D eigenvalue weighted by Gasteiger charge is 2.14. The molecule has 0 radical (unpaired) electrons. The predicted molar refractivity (Wildman–Crippen MR) is 104 cm³/mol. The van der Waals surface area contributed by atoms with Gasteiger partial charge in [0.05, 0.1) is 13.2 Å². The Morgan fingerprint density at radius 2 is 2.09 bits per heavy atom. The van der Waals surface area contributed by atoms with Crippen LogP contribution in [0.5, 0.6) is 5.75 Å². The second-order valence-electron chi connectivity index (χ2n) is 5.20. The first-order chi connectivity index (χ1) is 10.6.